The molecule has 2 heteroatoms. The minimum absolute atomic E-state index is 0.00438. The number of hydrogen-bond donors (Lipinski definition) is 0. The summed E-state index contributed by atoms with van der Waals surface area (Å²) in [6.07, 6.45) is 12.6. The van der Waals surface area contributed by atoms with Gasteiger partial charge in [-0.25, -0.2) is 4.57 Å². The summed E-state index contributed by atoms with van der Waals surface area (Å²) < 4.78 is 4.93. The lowest BCUT2D eigenvalue weighted by molar-refractivity contribution is -0.762. The van der Waals surface area contributed by atoms with E-state index in [-0.39, 0.29) is 5.54 Å². The first kappa shape index (κ1) is 29.1. The number of aromatic nitrogens is 2. The van der Waals surface area contributed by atoms with Crippen LogP contribution in [0.4, 0.5) is 0 Å². The van der Waals surface area contributed by atoms with Crippen LogP contribution in [0.1, 0.15) is 75.5 Å². The third-order valence-electron chi connectivity index (χ3n) is 10.0. The summed E-state index contributed by atoms with van der Waals surface area (Å²) in [5.41, 5.74) is 12.4. The Kier molecular flexibility index (Phi) is 8.56. The molecule has 3 aromatic carbocycles. The van der Waals surface area contributed by atoms with Gasteiger partial charge < -0.3 is 0 Å². The van der Waals surface area contributed by atoms with Crippen molar-refractivity contribution in [2.45, 2.75) is 77.2 Å². The first-order valence-corrected chi connectivity index (χ1v) is 16.4. The highest BCUT2D eigenvalue weighted by Crippen LogP contribution is 2.48. The molecule has 0 spiro atoms. The molecule has 0 saturated carbocycles. The fourth-order valence-electron chi connectivity index (χ4n) is 7.61. The largest absolute Gasteiger partial charge is 0.213 e. The van der Waals surface area contributed by atoms with E-state index >= 15 is 0 Å². The second kappa shape index (κ2) is 12.7. The van der Waals surface area contributed by atoms with E-state index in [4.69, 9.17) is 0 Å². The zero-order chi connectivity index (χ0) is 29.8. The summed E-state index contributed by atoms with van der Waals surface area (Å²) >= 11 is 0. The van der Waals surface area contributed by atoms with E-state index in [1.165, 1.54) is 63.2 Å². The Morgan fingerprint density at radius 1 is 0.674 bits per heavy atom. The number of benzene rings is 3. The third-order valence-corrected chi connectivity index (χ3v) is 10.0. The lowest BCUT2D eigenvalue weighted by atomic mass is 9.68. The first-order chi connectivity index (χ1) is 21.1. The van der Waals surface area contributed by atoms with Gasteiger partial charge in [-0.15, -0.1) is 0 Å². The number of aryl methyl sites for hydroxylation is 3. The van der Waals surface area contributed by atoms with Gasteiger partial charge >= 0.3 is 0 Å². The van der Waals surface area contributed by atoms with Crippen LogP contribution in [0.2, 0.25) is 0 Å². The van der Waals surface area contributed by atoms with Gasteiger partial charge in [0.1, 0.15) is 7.05 Å². The number of nitrogens with zero attached hydrogens (tertiary/aromatic N) is 2. The van der Waals surface area contributed by atoms with Crippen molar-refractivity contribution < 1.29 is 9.13 Å². The van der Waals surface area contributed by atoms with Crippen LogP contribution in [0.5, 0.6) is 0 Å². The van der Waals surface area contributed by atoms with Gasteiger partial charge in [-0.05, 0) is 72.2 Å². The van der Waals surface area contributed by atoms with Gasteiger partial charge in [-0.3, -0.25) is 0 Å². The van der Waals surface area contributed by atoms with Crippen LogP contribution in [0.15, 0.2) is 116 Å². The number of fused-ring (bicyclic) bond motifs is 3. The molecule has 0 bridgehead atoms. The quantitative estimate of drug-likeness (QED) is 0.149. The smallest absolute Gasteiger partial charge is 0.201 e. The zero-order valence-electron chi connectivity index (χ0n) is 26.4. The fraction of sp³-hybridized carbons (Fsp3) is 0.317. The van der Waals surface area contributed by atoms with E-state index in [2.05, 4.69) is 152 Å². The monoisotopic (exact) mass is 566 g/mol. The molecule has 3 heterocycles. The van der Waals surface area contributed by atoms with Gasteiger partial charge in [0.2, 0.25) is 11.4 Å². The minimum atomic E-state index is 0.00438. The molecule has 0 fully saturated rings. The van der Waals surface area contributed by atoms with E-state index < -0.39 is 0 Å². The van der Waals surface area contributed by atoms with E-state index in [1.54, 1.807) is 0 Å². The number of rotatable bonds is 10. The molecule has 0 aliphatic carbocycles. The molecule has 0 saturated heterocycles. The van der Waals surface area contributed by atoms with E-state index in [9.17, 15) is 0 Å². The molecule has 1 aliphatic heterocycles. The molecule has 2 nitrogen and oxygen atoms in total. The average molecular weight is 567 g/mol. The summed E-state index contributed by atoms with van der Waals surface area (Å²) in [4.78, 5) is 0. The molecule has 218 valence electrons. The topological polar surface area (TPSA) is 7.76 Å². The van der Waals surface area contributed by atoms with Gasteiger partial charge in [0.25, 0.3) is 0 Å². The van der Waals surface area contributed by atoms with Crippen molar-refractivity contribution in [1.82, 2.24) is 0 Å². The highest BCUT2D eigenvalue weighted by Gasteiger charge is 2.51. The third kappa shape index (κ3) is 5.44. The van der Waals surface area contributed by atoms with Gasteiger partial charge in [0, 0.05) is 42.2 Å². The summed E-state index contributed by atoms with van der Waals surface area (Å²) in [6, 6.07) is 38.5. The Hall–Kier alpha value is -4.04. The highest BCUT2D eigenvalue weighted by atomic mass is 15.1. The van der Waals surface area contributed by atoms with E-state index in [0.29, 0.717) is 5.92 Å². The van der Waals surface area contributed by atoms with Crippen LogP contribution in [-0.2, 0) is 25.4 Å². The maximum atomic E-state index is 2.69. The summed E-state index contributed by atoms with van der Waals surface area (Å²) in [7, 11) is 2.15. The number of pyridine rings is 2. The second-order valence-electron chi connectivity index (χ2n) is 12.3. The fourth-order valence-corrected chi connectivity index (χ4v) is 7.61. The van der Waals surface area contributed by atoms with Crippen LogP contribution in [0.25, 0.3) is 33.6 Å². The van der Waals surface area contributed by atoms with Crippen LogP contribution in [0.3, 0.4) is 0 Å². The van der Waals surface area contributed by atoms with Crippen LogP contribution in [0, 0.1) is 0 Å². The number of unbranched alkanes of at least 4 members (excludes halogenated alkanes) is 1. The molecule has 2 aromatic heterocycles. The molecule has 6 rings (SSSR count). The predicted molar refractivity (Wildman–Crippen MR) is 179 cm³/mol. The Morgan fingerprint density at radius 3 is 2.21 bits per heavy atom. The van der Waals surface area contributed by atoms with E-state index in [1.807, 2.05) is 0 Å². The van der Waals surface area contributed by atoms with Crippen molar-refractivity contribution in [1.29, 1.82) is 0 Å². The highest BCUT2D eigenvalue weighted by molar-refractivity contribution is 5.69. The Balaban J connectivity index is 1.47. The normalized spacial score (nSPS) is 15.1. The average Bonchev–Trinajstić information content (AvgIpc) is 3.06. The Labute approximate surface area is 258 Å². The number of hydrogen-bond acceptors (Lipinski definition) is 0. The van der Waals surface area contributed by atoms with Gasteiger partial charge in [-0.1, -0.05) is 87.9 Å². The molecule has 0 amide bonds. The minimum Gasteiger partial charge on any atom is -0.201 e. The molecule has 1 unspecified atom stereocenters. The van der Waals surface area contributed by atoms with Crippen LogP contribution in [-0.4, -0.2) is 0 Å². The second-order valence-corrected chi connectivity index (χ2v) is 12.3. The molecular weight excluding hydrogens is 520 g/mol. The van der Waals surface area contributed by atoms with Crippen LogP contribution < -0.4 is 9.13 Å². The van der Waals surface area contributed by atoms with Crippen molar-refractivity contribution in [3.05, 3.63) is 132 Å². The standard InChI is InChI=1S/C41H46N2/c1-5-8-16-31-22-25-36-37(29-31)40-27-24-34(32-17-10-9-11-18-32)30-43(40)41(6-2,7-3)38(36)26-23-33-19-12-13-20-35(33)39-21-14-15-28-42(39)4/h9-15,17-22,24-25,27-30,38H,5-8,16,23,26H2,1-4H3/q+2. The lowest BCUT2D eigenvalue weighted by Crippen LogP contribution is -2.62. The molecule has 1 atom stereocenters. The van der Waals surface area contributed by atoms with Crippen molar-refractivity contribution in [3.8, 4) is 33.6 Å². The first-order valence-electron chi connectivity index (χ1n) is 16.4. The molecule has 1 aliphatic rings. The van der Waals surface area contributed by atoms with Crippen molar-refractivity contribution in [2.24, 2.45) is 7.05 Å². The molecule has 43 heavy (non-hydrogen) atoms. The SMILES string of the molecule is CCCCc1ccc2c(c1)-c1ccc(-c3ccccc3)c[n+]1C(CC)(CC)C2CCc1ccccc1-c1cccc[n+]1C. The van der Waals surface area contributed by atoms with E-state index in [0.717, 1.165) is 32.1 Å². The maximum absolute atomic E-state index is 2.69. The van der Waals surface area contributed by atoms with Crippen molar-refractivity contribution in [2.75, 3.05) is 0 Å². The molecule has 5 aromatic rings. The zero-order valence-corrected chi connectivity index (χ0v) is 26.4. The van der Waals surface area contributed by atoms with Crippen molar-refractivity contribution >= 4 is 0 Å². The Morgan fingerprint density at radius 2 is 1.44 bits per heavy atom. The summed E-state index contributed by atoms with van der Waals surface area (Å²) in [5.74, 6) is 0.416. The maximum Gasteiger partial charge on any atom is 0.213 e. The van der Waals surface area contributed by atoms with Gasteiger partial charge in [0.05, 0.1) is 11.5 Å². The molecule has 0 radical (unpaired) electrons. The Bertz CT molecular complexity index is 1700. The molecule has 0 N–H and O–H groups in total. The van der Waals surface area contributed by atoms with Gasteiger partial charge in [-0.2, -0.15) is 4.57 Å². The van der Waals surface area contributed by atoms with Crippen LogP contribution >= 0.6 is 0 Å². The molecular formula is C41H46N2+2. The lowest BCUT2D eigenvalue weighted by Gasteiger charge is -2.40. The summed E-state index contributed by atoms with van der Waals surface area (Å²) in [6.45, 7) is 7.09. The van der Waals surface area contributed by atoms with Crippen molar-refractivity contribution in [3.63, 3.8) is 0 Å². The predicted octanol–water partition coefficient (Wildman–Crippen LogP) is 9.39. The van der Waals surface area contributed by atoms with Gasteiger partial charge in [0.15, 0.2) is 17.9 Å². The summed E-state index contributed by atoms with van der Waals surface area (Å²) in [5, 5.41) is 0.